The van der Waals surface area contributed by atoms with Crippen LogP contribution in [0.15, 0.2) is 11.6 Å². The summed E-state index contributed by atoms with van der Waals surface area (Å²) in [6.07, 6.45) is 5.37. The Morgan fingerprint density at radius 2 is 1.76 bits per heavy atom. The van der Waals surface area contributed by atoms with Crippen LogP contribution >= 0.6 is 0 Å². The van der Waals surface area contributed by atoms with Crippen LogP contribution in [0.25, 0.3) is 0 Å². The van der Waals surface area contributed by atoms with Crippen LogP contribution in [0.5, 0.6) is 0 Å². The first-order chi connectivity index (χ1) is 15.3. The summed E-state index contributed by atoms with van der Waals surface area (Å²) >= 11 is 0. The van der Waals surface area contributed by atoms with Gasteiger partial charge in [-0.3, -0.25) is 0 Å². The number of allylic oxidation sites excluding steroid dienone is 1. The molecule has 11 atom stereocenters. The molecule has 0 amide bonds. The van der Waals surface area contributed by atoms with Gasteiger partial charge in [0, 0.05) is 11.8 Å². The number of aliphatic hydroxyl groups excluding tert-OH is 4. The molecule has 4 aliphatic rings. The topological polar surface area (TPSA) is 121 Å². The lowest BCUT2D eigenvalue weighted by atomic mass is 9.40. The molecule has 6 nitrogen and oxygen atoms in total. The standard InChI is InChI=1S/C27H46O6/c1-16(15-28)6-5-7-17(2)19-13-23(31)27(33)25(19,4)11-9-22-24(3)10-8-18(29)12-20(24)21(30)14-26(22,27)32/h6,17-23,28-33H,5,7-15H2,1-4H3. The van der Waals surface area contributed by atoms with Gasteiger partial charge in [-0.15, -0.1) is 0 Å². The van der Waals surface area contributed by atoms with Crippen molar-refractivity contribution in [3.05, 3.63) is 11.6 Å². The Hall–Kier alpha value is -0.500. The average Bonchev–Trinajstić information content (AvgIpc) is 2.97. The van der Waals surface area contributed by atoms with E-state index in [0.29, 0.717) is 25.7 Å². The highest BCUT2D eigenvalue weighted by molar-refractivity contribution is 5.28. The fourth-order valence-electron chi connectivity index (χ4n) is 9.17. The van der Waals surface area contributed by atoms with Gasteiger partial charge in [0.05, 0.1) is 24.9 Å². The molecule has 33 heavy (non-hydrogen) atoms. The highest BCUT2D eigenvalue weighted by Crippen LogP contribution is 2.71. The van der Waals surface area contributed by atoms with Crippen LogP contribution in [-0.4, -0.2) is 66.8 Å². The van der Waals surface area contributed by atoms with Crippen LogP contribution in [0.2, 0.25) is 0 Å². The average molecular weight is 467 g/mol. The summed E-state index contributed by atoms with van der Waals surface area (Å²) in [5.41, 5.74) is -3.32. The van der Waals surface area contributed by atoms with Gasteiger partial charge in [0.2, 0.25) is 0 Å². The molecule has 0 bridgehead atoms. The molecule has 4 saturated carbocycles. The van der Waals surface area contributed by atoms with Crippen molar-refractivity contribution in [2.45, 2.75) is 115 Å². The van der Waals surface area contributed by atoms with Crippen molar-refractivity contribution in [3.63, 3.8) is 0 Å². The predicted molar refractivity (Wildman–Crippen MR) is 126 cm³/mol. The van der Waals surface area contributed by atoms with Crippen molar-refractivity contribution in [1.29, 1.82) is 0 Å². The molecule has 0 radical (unpaired) electrons. The molecule has 0 spiro atoms. The van der Waals surface area contributed by atoms with Crippen molar-refractivity contribution in [1.82, 2.24) is 0 Å². The van der Waals surface area contributed by atoms with Gasteiger partial charge in [-0.2, -0.15) is 0 Å². The monoisotopic (exact) mass is 466 g/mol. The van der Waals surface area contributed by atoms with E-state index in [1.807, 2.05) is 13.8 Å². The Labute approximate surface area is 198 Å². The maximum absolute atomic E-state index is 12.3. The molecule has 0 aromatic carbocycles. The lowest BCUT2D eigenvalue weighted by Gasteiger charge is -2.68. The van der Waals surface area contributed by atoms with Crippen LogP contribution in [-0.2, 0) is 0 Å². The SMILES string of the molecule is CC(=CCCC(C)C1CC(O)C2(O)C1(C)CCC1C3(C)CCC(O)CC3C(O)CC12O)CO. The van der Waals surface area contributed by atoms with Gasteiger partial charge in [-0.05, 0) is 87.4 Å². The van der Waals surface area contributed by atoms with Gasteiger partial charge in [-0.1, -0.05) is 32.4 Å². The molecule has 4 rings (SSSR count). The van der Waals surface area contributed by atoms with E-state index in [9.17, 15) is 30.6 Å². The van der Waals surface area contributed by atoms with E-state index in [-0.39, 0.29) is 42.1 Å². The first-order valence-corrected chi connectivity index (χ1v) is 13.1. The molecule has 190 valence electrons. The third-order valence-corrected chi connectivity index (χ3v) is 11.1. The van der Waals surface area contributed by atoms with Crippen molar-refractivity contribution >= 4 is 0 Å². The normalized spacial score (nSPS) is 53.2. The summed E-state index contributed by atoms with van der Waals surface area (Å²) in [4.78, 5) is 0. The lowest BCUT2D eigenvalue weighted by molar-refractivity contribution is -0.330. The molecule has 4 fully saturated rings. The first kappa shape index (κ1) is 25.6. The second-order valence-electron chi connectivity index (χ2n) is 12.6. The zero-order valence-corrected chi connectivity index (χ0v) is 20.9. The largest absolute Gasteiger partial charge is 0.393 e. The van der Waals surface area contributed by atoms with Crippen LogP contribution < -0.4 is 0 Å². The number of rotatable bonds is 5. The van der Waals surface area contributed by atoms with Crippen LogP contribution in [0.4, 0.5) is 0 Å². The van der Waals surface area contributed by atoms with E-state index in [4.69, 9.17) is 0 Å². The summed E-state index contributed by atoms with van der Waals surface area (Å²) < 4.78 is 0. The summed E-state index contributed by atoms with van der Waals surface area (Å²) in [6, 6.07) is 0. The Morgan fingerprint density at radius 3 is 2.42 bits per heavy atom. The van der Waals surface area contributed by atoms with Crippen LogP contribution in [0, 0.1) is 34.5 Å². The van der Waals surface area contributed by atoms with E-state index in [1.165, 1.54) is 0 Å². The second kappa shape index (κ2) is 8.56. The van der Waals surface area contributed by atoms with Gasteiger partial charge in [0.25, 0.3) is 0 Å². The molecule has 6 N–H and O–H groups in total. The molecule has 0 aliphatic heterocycles. The molecular formula is C27H46O6. The smallest absolute Gasteiger partial charge is 0.125 e. The Morgan fingerprint density at radius 1 is 1.06 bits per heavy atom. The Balaban J connectivity index is 1.65. The van der Waals surface area contributed by atoms with Crippen molar-refractivity contribution < 1.29 is 30.6 Å². The summed E-state index contributed by atoms with van der Waals surface area (Å²) in [5.74, 6) is -0.0264. The van der Waals surface area contributed by atoms with Crippen molar-refractivity contribution in [2.75, 3.05) is 6.61 Å². The minimum atomic E-state index is -1.68. The molecule has 0 heterocycles. The van der Waals surface area contributed by atoms with Gasteiger partial charge in [-0.25, -0.2) is 0 Å². The third kappa shape index (κ3) is 3.50. The van der Waals surface area contributed by atoms with Crippen molar-refractivity contribution in [3.8, 4) is 0 Å². The molecule has 6 heteroatoms. The Kier molecular flexibility index (Phi) is 6.64. The van der Waals surface area contributed by atoms with Crippen LogP contribution in [0.3, 0.4) is 0 Å². The number of fused-ring (bicyclic) bond motifs is 5. The molecule has 11 unspecified atom stereocenters. The van der Waals surface area contributed by atoms with E-state index in [2.05, 4.69) is 19.9 Å². The third-order valence-electron chi connectivity index (χ3n) is 11.1. The summed E-state index contributed by atoms with van der Waals surface area (Å²) in [7, 11) is 0. The minimum absolute atomic E-state index is 0.0489. The van der Waals surface area contributed by atoms with Gasteiger partial charge >= 0.3 is 0 Å². The highest BCUT2D eigenvalue weighted by atomic mass is 16.4. The molecular weight excluding hydrogens is 420 g/mol. The number of aliphatic hydroxyl groups is 6. The zero-order chi connectivity index (χ0) is 24.4. The predicted octanol–water partition coefficient (Wildman–Crippen LogP) is 2.53. The van der Waals surface area contributed by atoms with E-state index < -0.39 is 34.9 Å². The van der Waals surface area contributed by atoms with E-state index in [1.54, 1.807) is 0 Å². The second-order valence-corrected chi connectivity index (χ2v) is 12.6. The van der Waals surface area contributed by atoms with Gasteiger partial charge < -0.3 is 30.6 Å². The molecule has 4 aliphatic carbocycles. The fourth-order valence-corrected chi connectivity index (χ4v) is 9.17. The lowest BCUT2D eigenvalue weighted by Crippen LogP contribution is -2.77. The minimum Gasteiger partial charge on any atom is -0.393 e. The molecule has 0 saturated heterocycles. The van der Waals surface area contributed by atoms with Gasteiger partial charge in [0.15, 0.2) is 0 Å². The first-order valence-electron chi connectivity index (χ1n) is 13.1. The highest BCUT2D eigenvalue weighted by Gasteiger charge is 2.78. The van der Waals surface area contributed by atoms with Gasteiger partial charge in [0.1, 0.15) is 11.2 Å². The maximum atomic E-state index is 12.3. The summed E-state index contributed by atoms with van der Waals surface area (Å²) in [5, 5.41) is 66.7. The molecule has 0 aromatic rings. The fraction of sp³-hybridized carbons (Fsp3) is 0.926. The number of hydrogen-bond acceptors (Lipinski definition) is 6. The maximum Gasteiger partial charge on any atom is 0.125 e. The van der Waals surface area contributed by atoms with E-state index >= 15 is 0 Å². The number of hydrogen-bond donors (Lipinski definition) is 6. The zero-order valence-electron chi connectivity index (χ0n) is 20.9. The summed E-state index contributed by atoms with van der Waals surface area (Å²) in [6.45, 7) is 8.29. The van der Waals surface area contributed by atoms with Crippen molar-refractivity contribution in [2.24, 2.45) is 34.5 Å². The quantitative estimate of drug-likeness (QED) is 0.346. The van der Waals surface area contributed by atoms with Crippen LogP contribution in [0.1, 0.15) is 85.5 Å². The Bertz CT molecular complexity index is 770. The molecule has 0 aromatic heterocycles. The van der Waals surface area contributed by atoms with E-state index in [0.717, 1.165) is 31.3 Å².